The maximum absolute atomic E-state index is 10.9. The van der Waals surface area contributed by atoms with Gasteiger partial charge in [0.2, 0.25) is 0 Å². The SMILES string of the molecule is CC(CCS(C)=O)N1CCC(N)C1. The molecule has 0 saturated carbocycles. The molecule has 3 atom stereocenters. The summed E-state index contributed by atoms with van der Waals surface area (Å²) in [5.41, 5.74) is 5.82. The van der Waals surface area contributed by atoms with Gasteiger partial charge in [-0.25, -0.2) is 0 Å². The molecular weight excluding hydrogens is 184 g/mol. The van der Waals surface area contributed by atoms with E-state index in [1.807, 2.05) is 0 Å². The highest BCUT2D eigenvalue weighted by molar-refractivity contribution is 7.84. The van der Waals surface area contributed by atoms with E-state index >= 15 is 0 Å². The molecule has 0 aromatic rings. The van der Waals surface area contributed by atoms with E-state index in [1.165, 1.54) is 0 Å². The molecule has 0 aromatic heterocycles. The molecule has 1 fully saturated rings. The van der Waals surface area contributed by atoms with Crippen molar-refractivity contribution in [2.24, 2.45) is 5.73 Å². The lowest BCUT2D eigenvalue weighted by molar-refractivity contribution is 0.251. The average molecular weight is 204 g/mol. The highest BCUT2D eigenvalue weighted by Gasteiger charge is 2.22. The lowest BCUT2D eigenvalue weighted by Gasteiger charge is -2.23. The van der Waals surface area contributed by atoms with E-state index < -0.39 is 10.8 Å². The summed E-state index contributed by atoms with van der Waals surface area (Å²) in [6.45, 7) is 4.32. The zero-order valence-corrected chi connectivity index (χ0v) is 9.35. The van der Waals surface area contributed by atoms with Crippen molar-refractivity contribution >= 4 is 10.8 Å². The van der Waals surface area contributed by atoms with Crippen LogP contribution in [0.25, 0.3) is 0 Å². The largest absolute Gasteiger partial charge is 0.326 e. The number of nitrogens with two attached hydrogens (primary N) is 1. The van der Waals surface area contributed by atoms with E-state index in [9.17, 15) is 4.21 Å². The molecular formula is C9H20N2OS. The minimum Gasteiger partial charge on any atom is -0.326 e. The van der Waals surface area contributed by atoms with Crippen LogP contribution in [0.2, 0.25) is 0 Å². The Kier molecular flexibility index (Phi) is 4.35. The average Bonchev–Trinajstić information content (AvgIpc) is 2.47. The van der Waals surface area contributed by atoms with Gasteiger partial charge in [0, 0.05) is 41.4 Å². The number of likely N-dealkylation sites (tertiary alicyclic amines) is 1. The third kappa shape index (κ3) is 3.75. The van der Waals surface area contributed by atoms with E-state index in [-0.39, 0.29) is 0 Å². The Morgan fingerprint density at radius 1 is 1.69 bits per heavy atom. The number of nitrogens with zero attached hydrogens (tertiary/aromatic N) is 1. The molecule has 0 spiro atoms. The van der Waals surface area contributed by atoms with Gasteiger partial charge >= 0.3 is 0 Å². The van der Waals surface area contributed by atoms with E-state index in [0.29, 0.717) is 12.1 Å². The summed E-state index contributed by atoms with van der Waals surface area (Å²) in [5, 5.41) is 0. The summed E-state index contributed by atoms with van der Waals surface area (Å²) in [5.74, 6) is 0.812. The van der Waals surface area contributed by atoms with Crippen molar-refractivity contribution in [2.45, 2.75) is 31.8 Å². The molecule has 4 heteroatoms. The van der Waals surface area contributed by atoms with Gasteiger partial charge in [-0.15, -0.1) is 0 Å². The maximum Gasteiger partial charge on any atom is 0.0246 e. The first-order valence-corrected chi connectivity index (χ1v) is 6.62. The molecule has 1 rings (SSSR count). The highest BCUT2D eigenvalue weighted by Crippen LogP contribution is 2.13. The molecule has 0 radical (unpaired) electrons. The summed E-state index contributed by atoms with van der Waals surface area (Å²) in [6.07, 6.45) is 3.90. The number of hydrogen-bond acceptors (Lipinski definition) is 3. The second kappa shape index (κ2) is 5.08. The van der Waals surface area contributed by atoms with Gasteiger partial charge in [0.15, 0.2) is 0 Å². The molecule has 1 heterocycles. The van der Waals surface area contributed by atoms with E-state index in [4.69, 9.17) is 5.73 Å². The molecule has 78 valence electrons. The Hall–Kier alpha value is 0.0700. The van der Waals surface area contributed by atoms with Crippen molar-refractivity contribution in [2.75, 3.05) is 25.1 Å². The van der Waals surface area contributed by atoms with Gasteiger partial charge in [-0.2, -0.15) is 0 Å². The molecule has 1 aliphatic heterocycles. The Morgan fingerprint density at radius 3 is 2.85 bits per heavy atom. The first-order chi connectivity index (χ1) is 6.09. The highest BCUT2D eigenvalue weighted by atomic mass is 32.2. The summed E-state index contributed by atoms with van der Waals surface area (Å²) >= 11 is 0. The minimum absolute atomic E-state index is 0.356. The van der Waals surface area contributed by atoms with Gasteiger partial charge in [0.1, 0.15) is 0 Å². The zero-order valence-electron chi connectivity index (χ0n) is 8.53. The second-order valence-electron chi connectivity index (χ2n) is 3.96. The number of rotatable bonds is 4. The van der Waals surface area contributed by atoms with Crippen LogP contribution in [0.1, 0.15) is 19.8 Å². The first-order valence-electron chi connectivity index (χ1n) is 4.89. The van der Waals surface area contributed by atoms with Crippen LogP contribution >= 0.6 is 0 Å². The topological polar surface area (TPSA) is 46.3 Å². The van der Waals surface area contributed by atoms with Crippen molar-refractivity contribution in [3.05, 3.63) is 0 Å². The van der Waals surface area contributed by atoms with Crippen molar-refractivity contribution in [3.8, 4) is 0 Å². The van der Waals surface area contributed by atoms with Crippen molar-refractivity contribution in [1.82, 2.24) is 4.90 Å². The monoisotopic (exact) mass is 204 g/mol. The molecule has 0 amide bonds. The molecule has 13 heavy (non-hydrogen) atoms. The normalized spacial score (nSPS) is 29.0. The fourth-order valence-corrected chi connectivity index (χ4v) is 2.41. The van der Waals surface area contributed by atoms with Gasteiger partial charge in [-0.05, 0) is 26.3 Å². The molecule has 0 aromatic carbocycles. The van der Waals surface area contributed by atoms with Crippen LogP contribution in [-0.2, 0) is 10.8 Å². The molecule has 1 aliphatic rings. The van der Waals surface area contributed by atoms with E-state index in [1.54, 1.807) is 6.26 Å². The Morgan fingerprint density at radius 2 is 2.38 bits per heavy atom. The summed E-state index contributed by atoms with van der Waals surface area (Å²) in [4.78, 5) is 2.40. The molecule has 0 bridgehead atoms. The third-order valence-corrected chi connectivity index (χ3v) is 3.51. The Balaban J connectivity index is 2.23. The smallest absolute Gasteiger partial charge is 0.0246 e. The second-order valence-corrected chi connectivity index (χ2v) is 5.51. The fourth-order valence-electron chi connectivity index (χ4n) is 1.73. The van der Waals surface area contributed by atoms with E-state index in [2.05, 4.69) is 11.8 Å². The van der Waals surface area contributed by atoms with Crippen LogP contribution in [0.4, 0.5) is 0 Å². The molecule has 3 nitrogen and oxygen atoms in total. The zero-order chi connectivity index (χ0) is 9.84. The van der Waals surface area contributed by atoms with Gasteiger partial charge in [-0.3, -0.25) is 9.11 Å². The summed E-state index contributed by atoms with van der Waals surface area (Å²) in [7, 11) is -0.653. The third-order valence-electron chi connectivity index (χ3n) is 2.70. The lowest BCUT2D eigenvalue weighted by atomic mass is 10.2. The van der Waals surface area contributed by atoms with Crippen LogP contribution in [0.15, 0.2) is 0 Å². The Bertz CT molecular complexity index is 186. The predicted octanol–water partition coefficient (Wildman–Crippen LogP) is 0.177. The number of hydrogen-bond donors (Lipinski definition) is 1. The van der Waals surface area contributed by atoms with Gasteiger partial charge < -0.3 is 5.73 Å². The van der Waals surface area contributed by atoms with Gasteiger partial charge in [-0.1, -0.05) is 0 Å². The molecule has 1 saturated heterocycles. The first kappa shape index (κ1) is 11.1. The summed E-state index contributed by atoms with van der Waals surface area (Å²) in [6, 6.07) is 0.895. The van der Waals surface area contributed by atoms with Crippen LogP contribution in [0.3, 0.4) is 0 Å². The van der Waals surface area contributed by atoms with Crippen LogP contribution in [-0.4, -0.2) is 46.3 Å². The quantitative estimate of drug-likeness (QED) is 0.710. The minimum atomic E-state index is -0.653. The Labute approximate surface area is 83.1 Å². The molecule has 2 N–H and O–H groups in total. The van der Waals surface area contributed by atoms with Crippen molar-refractivity contribution in [1.29, 1.82) is 0 Å². The lowest BCUT2D eigenvalue weighted by Crippen LogP contribution is -2.34. The predicted molar refractivity (Wildman–Crippen MR) is 57.2 cm³/mol. The maximum atomic E-state index is 10.9. The van der Waals surface area contributed by atoms with Crippen molar-refractivity contribution in [3.63, 3.8) is 0 Å². The molecule has 3 unspecified atom stereocenters. The van der Waals surface area contributed by atoms with E-state index in [0.717, 1.165) is 31.7 Å². The van der Waals surface area contributed by atoms with Crippen LogP contribution < -0.4 is 5.73 Å². The van der Waals surface area contributed by atoms with Crippen molar-refractivity contribution < 1.29 is 4.21 Å². The van der Waals surface area contributed by atoms with Crippen LogP contribution in [0, 0.1) is 0 Å². The standard InChI is InChI=1S/C9H20N2OS/c1-8(4-6-13(2)12)11-5-3-9(10)7-11/h8-9H,3-7,10H2,1-2H3. The fraction of sp³-hybridized carbons (Fsp3) is 1.00. The molecule has 0 aliphatic carbocycles. The van der Waals surface area contributed by atoms with Gasteiger partial charge in [0.25, 0.3) is 0 Å². The van der Waals surface area contributed by atoms with Gasteiger partial charge in [0.05, 0.1) is 0 Å². The summed E-state index contributed by atoms with van der Waals surface area (Å²) < 4.78 is 10.9. The van der Waals surface area contributed by atoms with Crippen LogP contribution in [0.5, 0.6) is 0 Å².